The summed E-state index contributed by atoms with van der Waals surface area (Å²) < 4.78 is 25.4. The van der Waals surface area contributed by atoms with Crippen molar-refractivity contribution in [2.24, 2.45) is 0 Å². The molecule has 9 nitrogen and oxygen atoms in total. The van der Waals surface area contributed by atoms with Crippen LogP contribution in [-0.4, -0.2) is 31.0 Å². The lowest BCUT2D eigenvalue weighted by molar-refractivity contribution is -0.122. The van der Waals surface area contributed by atoms with E-state index in [2.05, 4.69) is 20.9 Å². The fourth-order valence-electron chi connectivity index (χ4n) is 4.19. The smallest absolute Gasteiger partial charge is 0.247 e. The number of carbonyl (C=O) groups excluding carboxylic acids is 2. The van der Waals surface area contributed by atoms with Gasteiger partial charge in [-0.05, 0) is 71.1 Å². The molecule has 5 N–H and O–H groups in total. The summed E-state index contributed by atoms with van der Waals surface area (Å²) in [6.45, 7) is 2.82. The van der Waals surface area contributed by atoms with E-state index in [0.29, 0.717) is 33.3 Å². The molecule has 0 bridgehead atoms. The number of sulfone groups is 1. The number of nitrogens with zero attached hydrogens (tertiary/aromatic N) is 1. The fraction of sp³-hybridized carbons (Fsp3) is 0.179. The Bertz CT molecular complexity index is 1660. The number of amides is 2. The summed E-state index contributed by atoms with van der Waals surface area (Å²) in [5, 5.41) is 10.9. The normalized spacial score (nSPS) is 12.1. The molecule has 1 aromatic heterocycles. The number of nitrogens with one attached hydrogen (secondary N) is 3. The van der Waals surface area contributed by atoms with Crippen LogP contribution in [0.25, 0.3) is 10.8 Å². The Balaban J connectivity index is 1.65. The Kier molecular flexibility index (Phi) is 8.37. The highest BCUT2D eigenvalue weighted by Crippen LogP contribution is 2.28. The summed E-state index contributed by atoms with van der Waals surface area (Å²) in [5.41, 5.74) is 8.03. The van der Waals surface area contributed by atoms with Gasteiger partial charge in [0.2, 0.25) is 11.8 Å². The van der Waals surface area contributed by atoms with Gasteiger partial charge in [0.1, 0.15) is 11.9 Å². The minimum absolute atomic E-state index is 0.0838. The van der Waals surface area contributed by atoms with E-state index < -0.39 is 21.8 Å². The van der Waals surface area contributed by atoms with Crippen LogP contribution in [0.15, 0.2) is 77.8 Å². The van der Waals surface area contributed by atoms with E-state index in [9.17, 15) is 18.0 Å². The van der Waals surface area contributed by atoms with Crippen LogP contribution in [0.4, 0.5) is 17.2 Å². The van der Waals surface area contributed by atoms with Gasteiger partial charge in [-0.3, -0.25) is 9.59 Å². The number of hydrogen-bond donors (Lipinski definition) is 4. The zero-order valence-corrected chi connectivity index (χ0v) is 22.9. The van der Waals surface area contributed by atoms with Crippen molar-refractivity contribution in [3.63, 3.8) is 0 Å². The molecule has 39 heavy (non-hydrogen) atoms. The second kappa shape index (κ2) is 11.7. The Morgan fingerprint density at radius 3 is 2.51 bits per heavy atom. The summed E-state index contributed by atoms with van der Waals surface area (Å²) in [6, 6.07) is 17.9. The molecule has 1 atom stereocenters. The van der Waals surface area contributed by atoms with Gasteiger partial charge >= 0.3 is 0 Å². The van der Waals surface area contributed by atoms with E-state index >= 15 is 0 Å². The lowest BCUT2D eigenvalue weighted by atomic mass is 10.0. The monoisotopic (exact) mass is 565 g/mol. The van der Waals surface area contributed by atoms with E-state index in [4.69, 9.17) is 17.3 Å². The maximum Gasteiger partial charge on any atom is 0.247 e. The summed E-state index contributed by atoms with van der Waals surface area (Å²) in [5.74, 6) is -0.407. The minimum Gasteiger partial charge on any atom is -0.383 e. The minimum atomic E-state index is -3.59. The fourth-order valence-corrected chi connectivity index (χ4v) is 5.50. The molecular formula is C28H28ClN5O4S. The van der Waals surface area contributed by atoms with Crippen molar-refractivity contribution in [3.8, 4) is 0 Å². The molecule has 1 heterocycles. The predicted octanol–water partition coefficient (Wildman–Crippen LogP) is 4.69. The number of nitrogen functional groups attached to an aromatic ring is 1. The van der Waals surface area contributed by atoms with Gasteiger partial charge in [-0.25, -0.2) is 13.4 Å². The van der Waals surface area contributed by atoms with Gasteiger partial charge in [0.15, 0.2) is 9.84 Å². The van der Waals surface area contributed by atoms with Gasteiger partial charge in [-0.15, -0.1) is 0 Å². The maximum atomic E-state index is 13.6. The van der Waals surface area contributed by atoms with Gasteiger partial charge in [0.05, 0.1) is 10.6 Å². The van der Waals surface area contributed by atoms with Crippen LogP contribution in [0.5, 0.6) is 0 Å². The first-order chi connectivity index (χ1) is 18.6. The second-order valence-corrected chi connectivity index (χ2v) is 11.6. The SMILES string of the molecule is CCS(=O)(=O)c1ccc(NC(C)=O)cc1CNC(=O)C(Nc1ccc2c(N)nccc2c1)c1cccc(Cl)c1. The number of anilines is 3. The highest BCUT2D eigenvalue weighted by atomic mass is 35.5. The highest BCUT2D eigenvalue weighted by Gasteiger charge is 2.23. The van der Waals surface area contributed by atoms with Crippen LogP contribution in [0.2, 0.25) is 5.02 Å². The molecule has 4 rings (SSSR count). The Labute approximate surface area is 231 Å². The van der Waals surface area contributed by atoms with E-state index in [1.165, 1.54) is 19.1 Å². The molecule has 0 saturated carbocycles. The number of pyridine rings is 1. The quantitative estimate of drug-likeness (QED) is 0.230. The van der Waals surface area contributed by atoms with E-state index in [-0.39, 0.29) is 23.1 Å². The van der Waals surface area contributed by atoms with Gasteiger partial charge in [0, 0.05) is 41.4 Å². The van der Waals surface area contributed by atoms with Crippen LogP contribution >= 0.6 is 11.6 Å². The van der Waals surface area contributed by atoms with Crippen molar-refractivity contribution in [2.45, 2.75) is 31.3 Å². The van der Waals surface area contributed by atoms with Crippen LogP contribution in [0, 0.1) is 0 Å². The Hall–Kier alpha value is -4.15. The molecule has 4 aromatic rings. The number of fused-ring (bicyclic) bond motifs is 1. The number of aromatic nitrogens is 1. The van der Waals surface area contributed by atoms with Gasteiger partial charge in [-0.1, -0.05) is 30.7 Å². The molecule has 3 aromatic carbocycles. The van der Waals surface area contributed by atoms with Crippen molar-refractivity contribution in [1.82, 2.24) is 10.3 Å². The van der Waals surface area contributed by atoms with E-state index in [0.717, 1.165) is 10.8 Å². The summed E-state index contributed by atoms with van der Waals surface area (Å²) in [6.07, 6.45) is 1.61. The van der Waals surface area contributed by atoms with Gasteiger partial charge in [0.25, 0.3) is 0 Å². The summed E-state index contributed by atoms with van der Waals surface area (Å²) >= 11 is 6.23. The molecule has 202 valence electrons. The molecule has 0 fully saturated rings. The van der Waals surface area contributed by atoms with Crippen molar-refractivity contribution in [2.75, 3.05) is 22.1 Å². The molecule has 0 aliphatic carbocycles. The average molecular weight is 566 g/mol. The molecule has 0 aliphatic rings. The number of benzene rings is 3. The standard InChI is InChI=1S/C28H28ClN5O4S/c1-3-39(37,38)25-10-8-22(33-17(2)35)15-20(25)16-32-28(36)26(19-5-4-6-21(29)13-19)34-23-7-9-24-18(14-23)11-12-31-27(24)30/h4-15,26,34H,3,16H2,1-2H3,(H2,30,31)(H,32,36)(H,33,35). The average Bonchev–Trinajstić information content (AvgIpc) is 2.90. The molecule has 0 spiro atoms. The predicted molar refractivity (Wildman–Crippen MR) is 154 cm³/mol. The lowest BCUT2D eigenvalue weighted by Gasteiger charge is -2.21. The van der Waals surface area contributed by atoms with E-state index in [1.54, 1.807) is 49.5 Å². The molecule has 0 aliphatic heterocycles. The van der Waals surface area contributed by atoms with Crippen molar-refractivity contribution >= 4 is 61.2 Å². The van der Waals surface area contributed by atoms with Crippen LogP contribution < -0.4 is 21.7 Å². The van der Waals surface area contributed by atoms with Gasteiger partial charge < -0.3 is 21.7 Å². The molecule has 11 heteroatoms. The highest BCUT2D eigenvalue weighted by molar-refractivity contribution is 7.91. The Morgan fingerprint density at radius 2 is 1.79 bits per heavy atom. The number of nitrogens with two attached hydrogens (primary N) is 1. The molecule has 0 saturated heterocycles. The zero-order chi connectivity index (χ0) is 28.2. The zero-order valence-electron chi connectivity index (χ0n) is 21.4. The maximum absolute atomic E-state index is 13.6. The van der Waals surface area contributed by atoms with Crippen LogP contribution in [0.1, 0.15) is 31.0 Å². The summed E-state index contributed by atoms with van der Waals surface area (Å²) in [4.78, 5) is 29.3. The van der Waals surface area contributed by atoms with Crippen molar-refractivity contribution < 1.29 is 18.0 Å². The first-order valence-electron chi connectivity index (χ1n) is 12.1. The van der Waals surface area contributed by atoms with Crippen molar-refractivity contribution in [1.29, 1.82) is 0 Å². The number of rotatable bonds is 9. The third kappa shape index (κ3) is 6.65. The molecular weight excluding hydrogens is 538 g/mol. The number of hydrogen-bond acceptors (Lipinski definition) is 7. The van der Waals surface area contributed by atoms with Crippen molar-refractivity contribution in [3.05, 3.63) is 89.1 Å². The second-order valence-electron chi connectivity index (χ2n) is 8.89. The lowest BCUT2D eigenvalue weighted by Crippen LogP contribution is -2.33. The van der Waals surface area contributed by atoms with Crippen LogP contribution in [-0.2, 0) is 26.0 Å². The molecule has 2 amide bonds. The number of carbonyl (C=O) groups is 2. The van der Waals surface area contributed by atoms with E-state index in [1.807, 2.05) is 18.2 Å². The topological polar surface area (TPSA) is 143 Å². The van der Waals surface area contributed by atoms with Gasteiger partial charge in [-0.2, -0.15) is 0 Å². The molecule has 0 radical (unpaired) electrons. The summed E-state index contributed by atoms with van der Waals surface area (Å²) in [7, 11) is -3.59. The third-order valence-electron chi connectivity index (χ3n) is 6.10. The first-order valence-corrected chi connectivity index (χ1v) is 14.2. The Morgan fingerprint density at radius 1 is 1.03 bits per heavy atom. The first kappa shape index (κ1) is 27.9. The van der Waals surface area contributed by atoms with Crippen LogP contribution in [0.3, 0.4) is 0 Å². The largest absolute Gasteiger partial charge is 0.383 e. The third-order valence-corrected chi connectivity index (χ3v) is 8.16. The molecule has 1 unspecified atom stereocenters. The number of halogens is 1.